The maximum absolute atomic E-state index is 12.6. The van der Waals surface area contributed by atoms with Crippen molar-refractivity contribution in [2.75, 3.05) is 7.05 Å². The monoisotopic (exact) mass is 345 g/mol. The van der Waals surface area contributed by atoms with Gasteiger partial charge >= 0.3 is 0 Å². The van der Waals surface area contributed by atoms with Crippen LogP contribution >= 0.6 is 15.9 Å². The summed E-state index contributed by atoms with van der Waals surface area (Å²) in [7, 11) is -1.68. The van der Waals surface area contributed by atoms with E-state index in [0.717, 1.165) is 23.7 Å². The lowest BCUT2D eigenvalue weighted by Gasteiger charge is -2.35. The van der Waals surface area contributed by atoms with E-state index >= 15 is 0 Å². The fraction of sp³-hybridized carbons (Fsp3) is 0.571. The Balaban J connectivity index is 2.28. The van der Waals surface area contributed by atoms with Gasteiger partial charge in [0, 0.05) is 17.6 Å². The molecule has 106 valence electrons. The minimum absolute atomic E-state index is 0.123. The molecule has 1 aliphatic carbocycles. The smallest absolute Gasteiger partial charge is 0.207 e. The summed E-state index contributed by atoms with van der Waals surface area (Å²) in [6.45, 7) is 2.15. The van der Waals surface area contributed by atoms with Crippen molar-refractivity contribution in [3.63, 3.8) is 0 Å². The summed E-state index contributed by atoms with van der Waals surface area (Å²) in [5.74, 6) is 0.431. The molecule has 0 spiro atoms. The first-order valence-corrected chi connectivity index (χ1v) is 8.90. The van der Waals surface area contributed by atoms with Gasteiger partial charge in [0.2, 0.25) is 10.0 Å². The van der Waals surface area contributed by atoms with Crippen LogP contribution in [-0.4, -0.2) is 25.8 Å². The highest BCUT2D eigenvalue weighted by Crippen LogP contribution is 2.31. The highest BCUT2D eigenvalue weighted by atomic mass is 79.9. The van der Waals surface area contributed by atoms with Crippen LogP contribution < -0.4 is 0 Å². The molecule has 0 radical (unpaired) electrons. The van der Waals surface area contributed by atoms with Crippen molar-refractivity contribution in [2.45, 2.75) is 43.5 Å². The summed E-state index contributed by atoms with van der Waals surface area (Å²) >= 11 is 3.33. The fourth-order valence-electron chi connectivity index (χ4n) is 2.81. The zero-order valence-electron chi connectivity index (χ0n) is 11.3. The number of sulfonamides is 1. The third-order valence-corrected chi connectivity index (χ3v) is 6.38. The van der Waals surface area contributed by atoms with E-state index in [2.05, 4.69) is 22.9 Å². The van der Waals surface area contributed by atoms with Crippen LogP contribution in [0.25, 0.3) is 0 Å². The minimum atomic E-state index is -3.39. The number of nitrogens with zero attached hydrogens (tertiary/aromatic N) is 1. The summed E-state index contributed by atoms with van der Waals surface area (Å²) in [6, 6.07) is 7.04. The number of hydrogen-bond acceptors (Lipinski definition) is 2. The molecule has 2 rings (SSSR count). The quantitative estimate of drug-likeness (QED) is 0.838. The zero-order valence-corrected chi connectivity index (χ0v) is 13.7. The van der Waals surface area contributed by atoms with Crippen molar-refractivity contribution in [1.29, 1.82) is 0 Å². The predicted molar refractivity (Wildman–Crippen MR) is 80.5 cm³/mol. The van der Waals surface area contributed by atoms with Crippen LogP contribution in [0, 0.1) is 5.92 Å². The molecule has 0 aromatic heterocycles. The maximum atomic E-state index is 12.6. The van der Waals surface area contributed by atoms with Gasteiger partial charge in [-0.2, -0.15) is 4.31 Å². The second-order valence-electron chi connectivity index (χ2n) is 5.31. The summed E-state index contributed by atoms with van der Waals surface area (Å²) in [5, 5.41) is 0. The van der Waals surface area contributed by atoms with Crippen molar-refractivity contribution in [3.05, 3.63) is 28.7 Å². The SMILES string of the molecule is CC1CCCCC1N(C)S(=O)(=O)c1cccc(Br)c1. The molecule has 1 fully saturated rings. The largest absolute Gasteiger partial charge is 0.243 e. The van der Waals surface area contributed by atoms with Crippen molar-refractivity contribution in [1.82, 2.24) is 4.31 Å². The number of rotatable bonds is 3. The van der Waals surface area contributed by atoms with Gasteiger partial charge in [0.25, 0.3) is 0 Å². The molecule has 1 aromatic rings. The van der Waals surface area contributed by atoms with E-state index in [1.807, 2.05) is 6.07 Å². The van der Waals surface area contributed by atoms with Gasteiger partial charge in [-0.05, 0) is 37.0 Å². The normalized spacial score (nSPS) is 24.6. The summed E-state index contributed by atoms with van der Waals surface area (Å²) in [4.78, 5) is 0.363. The molecule has 0 bridgehead atoms. The van der Waals surface area contributed by atoms with Crippen molar-refractivity contribution < 1.29 is 8.42 Å². The highest BCUT2D eigenvalue weighted by Gasteiger charge is 2.32. The Bertz CT molecular complexity index is 544. The summed E-state index contributed by atoms with van der Waals surface area (Å²) in [5.41, 5.74) is 0. The van der Waals surface area contributed by atoms with E-state index in [9.17, 15) is 8.42 Å². The molecule has 1 saturated carbocycles. The Morgan fingerprint density at radius 1 is 1.26 bits per heavy atom. The highest BCUT2D eigenvalue weighted by molar-refractivity contribution is 9.10. The van der Waals surface area contributed by atoms with Crippen LogP contribution in [0.5, 0.6) is 0 Å². The Kier molecular flexibility index (Phi) is 4.69. The molecule has 1 aromatic carbocycles. The molecular formula is C14H20BrNO2S. The molecule has 19 heavy (non-hydrogen) atoms. The van der Waals surface area contributed by atoms with Gasteiger partial charge in [0.15, 0.2) is 0 Å². The van der Waals surface area contributed by atoms with E-state index in [1.54, 1.807) is 29.6 Å². The molecule has 0 aliphatic heterocycles. The van der Waals surface area contributed by atoms with Crippen molar-refractivity contribution in [2.24, 2.45) is 5.92 Å². The van der Waals surface area contributed by atoms with Crippen LogP contribution in [0.1, 0.15) is 32.6 Å². The standard InChI is InChI=1S/C14H20BrNO2S/c1-11-6-3-4-9-14(11)16(2)19(17,18)13-8-5-7-12(15)10-13/h5,7-8,10-11,14H,3-4,6,9H2,1-2H3. The molecule has 0 N–H and O–H groups in total. The second kappa shape index (κ2) is 5.94. The topological polar surface area (TPSA) is 37.4 Å². The molecule has 0 saturated heterocycles. The van der Waals surface area contributed by atoms with Gasteiger partial charge in [0.1, 0.15) is 0 Å². The molecule has 2 atom stereocenters. The number of halogens is 1. The number of benzene rings is 1. The molecular weight excluding hydrogens is 326 g/mol. The average molecular weight is 346 g/mol. The van der Waals surface area contributed by atoms with E-state index in [-0.39, 0.29) is 6.04 Å². The van der Waals surface area contributed by atoms with E-state index in [0.29, 0.717) is 10.8 Å². The van der Waals surface area contributed by atoms with Gasteiger partial charge in [-0.1, -0.05) is 41.8 Å². The first-order chi connectivity index (χ1) is 8.93. The van der Waals surface area contributed by atoms with Gasteiger partial charge in [-0.25, -0.2) is 8.42 Å². The molecule has 3 nitrogen and oxygen atoms in total. The van der Waals surface area contributed by atoms with Crippen LogP contribution in [-0.2, 0) is 10.0 Å². The lowest BCUT2D eigenvalue weighted by atomic mass is 9.86. The lowest BCUT2D eigenvalue weighted by molar-refractivity contribution is 0.213. The predicted octanol–water partition coefficient (Wildman–Crippen LogP) is 3.65. The average Bonchev–Trinajstić information content (AvgIpc) is 2.38. The van der Waals surface area contributed by atoms with Gasteiger partial charge in [-0.15, -0.1) is 0 Å². The molecule has 5 heteroatoms. The molecule has 0 heterocycles. The Hall–Kier alpha value is -0.390. The van der Waals surface area contributed by atoms with Crippen molar-refractivity contribution in [3.8, 4) is 0 Å². The first kappa shape index (κ1) is 15.0. The van der Waals surface area contributed by atoms with E-state index in [1.165, 1.54) is 6.42 Å². The lowest BCUT2D eigenvalue weighted by Crippen LogP contribution is -2.42. The molecule has 1 aliphatic rings. The van der Waals surface area contributed by atoms with Crippen molar-refractivity contribution >= 4 is 26.0 Å². The Morgan fingerprint density at radius 2 is 1.95 bits per heavy atom. The van der Waals surface area contributed by atoms with E-state index in [4.69, 9.17) is 0 Å². The van der Waals surface area contributed by atoms with Crippen LogP contribution in [0.2, 0.25) is 0 Å². The van der Waals surface area contributed by atoms with Gasteiger partial charge < -0.3 is 0 Å². The minimum Gasteiger partial charge on any atom is -0.207 e. The number of hydrogen-bond donors (Lipinski definition) is 0. The van der Waals surface area contributed by atoms with Gasteiger partial charge in [0.05, 0.1) is 4.90 Å². The van der Waals surface area contributed by atoms with E-state index < -0.39 is 10.0 Å². The van der Waals surface area contributed by atoms with Gasteiger partial charge in [-0.3, -0.25) is 0 Å². The second-order valence-corrected chi connectivity index (χ2v) is 8.22. The Labute approximate surface area is 124 Å². The zero-order chi connectivity index (χ0) is 14.0. The third-order valence-electron chi connectivity index (χ3n) is 4.01. The van der Waals surface area contributed by atoms with Crippen LogP contribution in [0.3, 0.4) is 0 Å². The summed E-state index contributed by atoms with van der Waals surface area (Å²) < 4.78 is 27.6. The maximum Gasteiger partial charge on any atom is 0.243 e. The molecule has 0 amide bonds. The first-order valence-electron chi connectivity index (χ1n) is 6.66. The molecule has 2 unspecified atom stereocenters. The van der Waals surface area contributed by atoms with Crippen LogP contribution in [0.15, 0.2) is 33.6 Å². The fourth-order valence-corrected chi connectivity index (χ4v) is 4.89. The van der Waals surface area contributed by atoms with Crippen LogP contribution in [0.4, 0.5) is 0 Å². The third kappa shape index (κ3) is 3.20. The Morgan fingerprint density at radius 3 is 2.58 bits per heavy atom. The summed E-state index contributed by atoms with van der Waals surface area (Å²) in [6.07, 6.45) is 4.41.